The molecule has 0 spiro atoms. The van der Waals surface area contributed by atoms with Crippen LogP contribution in [0.15, 0.2) is 46.9 Å². The Labute approximate surface area is 141 Å². The van der Waals surface area contributed by atoms with Crippen LogP contribution in [-0.2, 0) is 4.79 Å². The number of carbonyl (C=O) groups is 2. The van der Waals surface area contributed by atoms with Crippen LogP contribution in [0.3, 0.4) is 0 Å². The Morgan fingerprint density at radius 1 is 1.22 bits per heavy atom. The first kappa shape index (κ1) is 17.0. The fourth-order valence-corrected chi connectivity index (χ4v) is 2.10. The first-order valence-electron chi connectivity index (χ1n) is 6.69. The van der Waals surface area contributed by atoms with Gasteiger partial charge >= 0.3 is 0 Å². The number of hydrogen-bond acceptors (Lipinski definition) is 3. The van der Waals surface area contributed by atoms with Crippen LogP contribution in [0, 0.1) is 5.82 Å². The van der Waals surface area contributed by atoms with Crippen LogP contribution >= 0.6 is 15.9 Å². The summed E-state index contributed by atoms with van der Waals surface area (Å²) in [5.41, 5.74) is 0.819. The summed E-state index contributed by atoms with van der Waals surface area (Å²) in [6.07, 6.45) is 0. The van der Waals surface area contributed by atoms with Crippen molar-refractivity contribution in [2.45, 2.75) is 0 Å². The van der Waals surface area contributed by atoms with Gasteiger partial charge in [0, 0.05) is 24.4 Å². The summed E-state index contributed by atoms with van der Waals surface area (Å²) in [4.78, 5) is 23.3. The largest absolute Gasteiger partial charge is 0.484 e. The minimum atomic E-state index is -0.439. The fraction of sp³-hybridized carbons (Fsp3) is 0.125. The topological polar surface area (TPSA) is 67.4 Å². The standard InChI is InChI=1S/C16H14BrFN2O3/c1-19-15(21)9-23-12-4-2-3-11(8-12)20-16(22)10-5-6-14(18)13(17)7-10/h2-8H,9H2,1H3,(H,19,21)(H,20,22). The first-order valence-corrected chi connectivity index (χ1v) is 7.48. The molecule has 0 saturated carbocycles. The number of ether oxygens (including phenoxy) is 1. The molecule has 2 amide bonds. The summed E-state index contributed by atoms with van der Waals surface area (Å²) in [5.74, 6) is -0.623. The SMILES string of the molecule is CNC(=O)COc1cccc(NC(=O)c2ccc(F)c(Br)c2)c1. The molecule has 2 rings (SSSR count). The quantitative estimate of drug-likeness (QED) is 0.837. The van der Waals surface area contributed by atoms with Crippen molar-refractivity contribution in [3.63, 3.8) is 0 Å². The van der Waals surface area contributed by atoms with E-state index in [9.17, 15) is 14.0 Å². The summed E-state index contributed by atoms with van der Waals surface area (Å²) in [5, 5.41) is 5.13. The third-order valence-electron chi connectivity index (χ3n) is 2.92. The minimum absolute atomic E-state index is 0.112. The lowest BCUT2D eigenvalue weighted by Gasteiger charge is -2.09. The minimum Gasteiger partial charge on any atom is -0.484 e. The molecular formula is C16H14BrFN2O3. The number of rotatable bonds is 5. The predicted octanol–water partition coefficient (Wildman–Crippen LogP) is 2.97. The Balaban J connectivity index is 2.06. The zero-order valence-corrected chi connectivity index (χ0v) is 13.8. The lowest BCUT2D eigenvalue weighted by Crippen LogP contribution is -2.24. The average molecular weight is 381 g/mol. The summed E-state index contributed by atoms with van der Waals surface area (Å²) in [6.45, 7) is -0.112. The van der Waals surface area contributed by atoms with Crippen molar-refractivity contribution in [3.8, 4) is 5.75 Å². The number of likely N-dealkylation sites (N-methyl/N-ethyl adjacent to an activating group) is 1. The highest BCUT2D eigenvalue weighted by Crippen LogP contribution is 2.20. The molecule has 0 heterocycles. The maximum absolute atomic E-state index is 13.2. The fourth-order valence-electron chi connectivity index (χ4n) is 1.73. The maximum Gasteiger partial charge on any atom is 0.257 e. The molecule has 0 aromatic heterocycles. The van der Waals surface area contributed by atoms with Crippen molar-refractivity contribution in [3.05, 3.63) is 58.3 Å². The molecule has 0 bridgehead atoms. The number of halogens is 2. The predicted molar refractivity (Wildman–Crippen MR) is 88.1 cm³/mol. The molecule has 7 heteroatoms. The van der Waals surface area contributed by atoms with Gasteiger partial charge in [-0.25, -0.2) is 4.39 Å². The average Bonchev–Trinajstić information content (AvgIpc) is 2.55. The van der Waals surface area contributed by atoms with E-state index in [1.807, 2.05) is 0 Å². The maximum atomic E-state index is 13.2. The van der Waals surface area contributed by atoms with E-state index in [1.165, 1.54) is 25.2 Å². The van der Waals surface area contributed by atoms with Crippen LogP contribution in [0.2, 0.25) is 0 Å². The molecule has 2 N–H and O–H groups in total. The molecule has 0 aliphatic heterocycles. The third kappa shape index (κ3) is 4.79. The van der Waals surface area contributed by atoms with Crippen LogP contribution in [0.1, 0.15) is 10.4 Å². The number of amides is 2. The molecule has 2 aromatic rings. The molecular weight excluding hydrogens is 367 g/mol. The molecule has 2 aromatic carbocycles. The van der Waals surface area contributed by atoms with Crippen molar-refractivity contribution >= 4 is 33.4 Å². The molecule has 0 unspecified atom stereocenters. The van der Waals surface area contributed by atoms with E-state index in [-0.39, 0.29) is 22.9 Å². The van der Waals surface area contributed by atoms with Gasteiger partial charge in [0.05, 0.1) is 4.47 Å². The highest BCUT2D eigenvalue weighted by Gasteiger charge is 2.09. The van der Waals surface area contributed by atoms with Gasteiger partial charge < -0.3 is 15.4 Å². The number of benzene rings is 2. The van der Waals surface area contributed by atoms with Gasteiger partial charge in [-0.15, -0.1) is 0 Å². The van der Waals surface area contributed by atoms with Crippen molar-refractivity contribution in [2.75, 3.05) is 19.0 Å². The monoisotopic (exact) mass is 380 g/mol. The Kier molecular flexibility index (Phi) is 5.70. The third-order valence-corrected chi connectivity index (χ3v) is 3.53. The highest BCUT2D eigenvalue weighted by molar-refractivity contribution is 9.10. The molecule has 0 radical (unpaired) electrons. The van der Waals surface area contributed by atoms with E-state index in [0.717, 1.165) is 0 Å². The molecule has 0 saturated heterocycles. The van der Waals surface area contributed by atoms with E-state index >= 15 is 0 Å². The molecule has 120 valence electrons. The van der Waals surface area contributed by atoms with Crippen LogP contribution in [-0.4, -0.2) is 25.5 Å². The Bertz CT molecular complexity index is 737. The summed E-state index contributed by atoms with van der Waals surface area (Å²) in [7, 11) is 1.52. The second-order valence-corrected chi connectivity index (χ2v) is 5.43. The Morgan fingerprint density at radius 3 is 2.70 bits per heavy atom. The normalized spacial score (nSPS) is 10.0. The van der Waals surface area contributed by atoms with E-state index in [4.69, 9.17) is 4.74 Å². The zero-order chi connectivity index (χ0) is 16.8. The molecule has 0 aliphatic rings. The second kappa shape index (κ2) is 7.73. The summed E-state index contributed by atoms with van der Waals surface area (Å²) in [6, 6.07) is 10.6. The van der Waals surface area contributed by atoms with Gasteiger partial charge in [-0.3, -0.25) is 9.59 Å². The molecule has 5 nitrogen and oxygen atoms in total. The van der Waals surface area contributed by atoms with Crippen LogP contribution in [0.4, 0.5) is 10.1 Å². The van der Waals surface area contributed by atoms with Crippen molar-refractivity contribution in [1.29, 1.82) is 0 Å². The van der Waals surface area contributed by atoms with Crippen LogP contribution in [0.5, 0.6) is 5.75 Å². The lowest BCUT2D eigenvalue weighted by molar-refractivity contribution is -0.122. The molecule has 0 atom stereocenters. The lowest BCUT2D eigenvalue weighted by atomic mass is 10.2. The van der Waals surface area contributed by atoms with E-state index in [1.54, 1.807) is 24.3 Å². The van der Waals surface area contributed by atoms with E-state index in [0.29, 0.717) is 17.0 Å². The number of carbonyl (C=O) groups excluding carboxylic acids is 2. The second-order valence-electron chi connectivity index (χ2n) is 4.57. The summed E-state index contributed by atoms with van der Waals surface area (Å²) < 4.78 is 18.7. The smallest absolute Gasteiger partial charge is 0.257 e. The van der Waals surface area contributed by atoms with Crippen molar-refractivity contribution in [2.24, 2.45) is 0 Å². The number of anilines is 1. The first-order chi connectivity index (χ1) is 11.0. The van der Waals surface area contributed by atoms with Gasteiger partial charge in [-0.1, -0.05) is 6.07 Å². The van der Waals surface area contributed by atoms with Gasteiger partial charge in [0.15, 0.2) is 6.61 Å². The van der Waals surface area contributed by atoms with Crippen molar-refractivity contribution < 1.29 is 18.7 Å². The Hall–Kier alpha value is -2.41. The zero-order valence-electron chi connectivity index (χ0n) is 12.2. The Morgan fingerprint density at radius 2 is 2.00 bits per heavy atom. The van der Waals surface area contributed by atoms with Crippen LogP contribution in [0.25, 0.3) is 0 Å². The van der Waals surface area contributed by atoms with Gasteiger partial charge in [0.2, 0.25) is 0 Å². The molecule has 23 heavy (non-hydrogen) atoms. The van der Waals surface area contributed by atoms with Crippen molar-refractivity contribution in [1.82, 2.24) is 5.32 Å². The van der Waals surface area contributed by atoms with Gasteiger partial charge in [-0.2, -0.15) is 0 Å². The number of hydrogen-bond donors (Lipinski definition) is 2. The van der Waals surface area contributed by atoms with E-state index < -0.39 is 5.82 Å². The molecule has 0 fully saturated rings. The summed E-state index contributed by atoms with van der Waals surface area (Å²) >= 11 is 3.04. The van der Waals surface area contributed by atoms with Gasteiger partial charge in [0.1, 0.15) is 11.6 Å². The van der Waals surface area contributed by atoms with Gasteiger partial charge in [0.25, 0.3) is 11.8 Å². The molecule has 0 aliphatic carbocycles. The van der Waals surface area contributed by atoms with E-state index in [2.05, 4.69) is 26.6 Å². The van der Waals surface area contributed by atoms with Gasteiger partial charge in [-0.05, 0) is 46.3 Å². The van der Waals surface area contributed by atoms with Crippen LogP contribution < -0.4 is 15.4 Å². The highest BCUT2D eigenvalue weighted by atomic mass is 79.9. The number of nitrogens with one attached hydrogen (secondary N) is 2.